The van der Waals surface area contributed by atoms with E-state index in [0.29, 0.717) is 37.4 Å². The molecule has 0 spiro atoms. The number of rotatable bonds is 5. The van der Waals surface area contributed by atoms with Crippen LogP contribution in [0.2, 0.25) is 0 Å². The van der Waals surface area contributed by atoms with E-state index in [-0.39, 0.29) is 42.3 Å². The molecule has 1 unspecified atom stereocenters. The monoisotopic (exact) mass is 439 g/mol. The van der Waals surface area contributed by atoms with Crippen LogP contribution in [-0.4, -0.2) is 54.4 Å². The third kappa shape index (κ3) is 4.59. The van der Waals surface area contributed by atoms with Crippen LogP contribution in [0.15, 0.2) is 48.5 Å². The molecule has 0 aromatic heterocycles. The molecule has 0 aliphatic carbocycles. The van der Waals surface area contributed by atoms with Crippen molar-refractivity contribution < 1.29 is 23.5 Å². The molecule has 1 saturated heterocycles. The quantitative estimate of drug-likeness (QED) is 0.777. The van der Waals surface area contributed by atoms with Crippen LogP contribution >= 0.6 is 0 Å². The summed E-state index contributed by atoms with van der Waals surface area (Å²) in [6.07, 6.45) is 0.774. The van der Waals surface area contributed by atoms with Gasteiger partial charge in [0, 0.05) is 32.1 Å². The maximum atomic E-state index is 13.9. The molecule has 0 saturated carbocycles. The lowest BCUT2D eigenvalue weighted by Gasteiger charge is -2.34. The average Bonchev–Trinajstić information content (AvgIpc) is 2.80. The summed E-state index contributed by atoms with van der Waals surface area (Å²) in [5.74, 6) is -0.537. The summed E-state index contributed by atoms with van der Waals surface area (Å²) in [6.45, 7) is 2.86. The van der Waals surface area contributed by atoms with E-state index >= 15 is 0 Å². The first-order chi connectivity index (χ1) is 15.4. The maximum absolute atomic E-state index is 13.9. The Morgan fingerprint density at radius 1 is 1.09 bits per heavy atom. The predicted molar refractivity (Wildman–Crippen MR) is 117 cm³/mol. The first-order valence-corrected chi connectivity index (χ1v) is 10.8. The normalized spacial score (nSPS) is 18.7. The Labute approximate surface area is 186 Å². The fourth-order valence-electron chi connectivity index (χ4n) is 4.13. The summed E-state index contributed by atoms with van der Waals surface area (Å²) in [4.78, 5) is 40.8. The molecule has 2 heterocycles. The van der Waals surface area contributed by atoms with Crippen LogP contribution in [0.4, 0.5) is 10.1 Å². The van der Waals surface area contributed by atoms with E-state index in [1.165, 1.54) is 12.1 Å². The molecular weight excluding hydrogens is 413 g/mol. The summed E-state index contributed by atoms with van der Waals surface area (Å²) in [5, 5.41) is 3.00. The molecule has 2 aliphatic rings. The van der Waals surface area contributed by atoms with Crippen molar-refractivity contribution in [1.29, 1.82) is 0 Å². The number of carbonyl (C=O) groups is 3. The molecule has 8 heteroatoms. The third-order valence-electron chi connectivity index (χ3n) is 5.89. The fraction of sp³-hybridized carbons (Fsp3) is 0.375. The highest BCUT2D eigenvalue weighted by Crippen LogP contribution is 2.33. The van der Waals surface area contributed by atoms with Gasteiger partial charge in [-0.3, -0.25) is 14.4 Å². The van der Waals surface area contributed by atoms with E-state index in [2.05, 4.69) is 5.32 Å². The van der Waals surface area contributed by atoms with E-state index in [1.807, 2.05) is 18.2 Å². The Kier molecular flexibility index (Phi) is 6.39. The number of para-hydroxylation sites is 2. The Morgan fingerprint density at radius 2 is 1.78 bits per heavy atom. The third-order valence-corrected chi connectivity index (χ3v) is 5.89. The number of amides is 3. The van der Waals surface area contributed by atoms with Gasteiger partial charge in [0.05, 0.1) is 11.3 Å². The van der Waals surface area contributed by atoms with Crippen molar-refractivity contribution in [2.45, 2.75) is 38.3 Å². The number of piperidine rings is 1. The molecular formula is C24H26FN3O4. The summed E-state index contributed by atoms with van der Waals surface area (Å²) in [7, 11) is 0. The molecule has 168 valence electrons. The summed E-state index contributed by atoms with van der Waals surface area (Å²) in [5.41, 5.74) is 0.739. The first kappa shape index (κ1) is 21.8. The van der Waals surface area contributed by atoms with Gasteiger partial charge in [0.1, 0.15) is 11.6 Å². The van der Waals surface area contributed by atoms with Gasteiger partial charge in [0.25, 0.3) is 11.8 Å². The van der Waals surface area contributed by atoms with Crippen LogP contribution in [0, 0.1) is 5.82 Å². The lowest BCUT2D eigenvalue weighted by molar-refractivity contribution is -0.125. The number of nitrogens with zero attached hydrogens (tertiary/aromatic N) is 2. The zero-order valence-corrected chi connectivity index (χ0v) is 17.9. The van der Waals surface area contributed by atoms with Gasteiger partial charge in [0.15, 0.2) is 6.10 Å². The van der Waals surface area contributed by atoms with Gasteiger partial charge in [-0.15, -0.1) is 0 Å². The SMILES string of the molecule is CC1Oc2ccccc2N(CCC(=O)NC2CCN(C(=O)c3ccccc3F)CC2)C1=O. The lowest BCUT2D eigenvalue weighted by Crippen LogP contribution is -2.48. The van der Waals surface area contributed by atoms with Gasteiger partial charge in [0.2, 0.25) is 5.91 Å². The summed E-state index contributed by atoms with van der Waals surface area (Å²) < 4.78 is 19.5. The molecule has 3 amide bonds. The Balaban J connectivity index is 1.27. The highest BCUT2D eigenvalue weighted by Gasteiger charge is 2.32. The number of likely N-dealkylation sites (tertiary alicyclic amines) is 1. The van der Waals surface area contributed by atoms with Gasteiger partial charge in [-0.25, -0.2) is 4.39 Å². The Morgan fingerprint density at radius 3 is 2.53 bits per heavy atom. The Hall–Kier alpha value is -3.42. The van der Waals surface area contributed by atoms with Gasteiger partial charge in [-0.05, 0) is 44.0 Å². The molecule has 0 radical (unpaired) electrons. The highest BCUT2D eigenvalue weighted by atomic mass is 19.1. The number of nitrogens with one attached hydrogen (secondary N) is 1. The lowest BCUT2D eigenvalue weighted by atomic mass is 10.0. The van der Waals surface area contributed by atoms with Crippen LogP contribution in [-0.2, 0) is 9.59 Å². The molecule has 2 aromatic rings. The van der Waals surface area contributed by atoms with Crippen molar-refractivity contribution in [2.75, 3.05) is 24.5 Å². The van der Waals surface area contributed by atoms with Crippen molar-refractivity contribution in [3.63, 3.8) is 0 Å². The largest absolute Gasteiger partial charge is 0.479 e. The number of fused-ring (bicyclic) bond motifs is 1. The van der Waals surface area contributed by atoms with Crippen molar-refractivity contribution in [2.24, 2.45) is 0 Å². The number of anilines is 1. The number of hydrogen-bond acceptors (Lipinski definition) is 4. The average molecular weight is 439 g/mol. The van der Waals surface area contributed by atoms with E-state index in [9.17, 15) is 18.8 Å². The van der Waals surface area contributed by atoms with Crippen molar-refractivity contribution in [3.8, 4) is 5.75 Å². The van der Waals surface area contributed by atoms with Crippen molar-refractivity contribution in [3.05, 3.63) is 59.9 Å². The second kappa shape index (κ2) is 9.38. The maximum Gasteiger partial charge on any atom is 0.267 e. The standard InChI is InChI=1S/C24H26FN3O4/c1-16-23(30)28(20-8-4-5-9-21(20)32-16)15-12-22(29)26-17-10-13-27(14-11-17)24(31)18-6-2-3-7-19(18)25/h2-9,16-17H,10-15H2,1H3,(H,26,29). The second-order valence-electron chi connectivity index (χ2n) is 8.08. The molecule has 1 N–H and O–H groups in total. The zero-order chi connectivity index (χ0) is 22.7. The number of ether oxygens (including phenoxy) is 1. The number of benzene rings is 2. The molecule has 32 heavy (non-hydrogen) atoms. The summed E-state index contributed by atoms with van der Waals surface area (Å²) in [6, 6.07) is 13.2. The highest BCUT2D eigenvalue weighted by molar-refractivity contribution is 6.00. The molecule has 1 fully saturated rings. The van der Waals surface area contributed by atoms with Crippen LogP contribution in [0.3, 0.4) is 0 Å². The zero-order valence-electron chi connectivity index (χ0n) is 17.9. The molecule has 2 aromatic carbocycles. The smallest absolute Gasteiger partial charge is 0.267 e. The van der Waals surface area contributed by atoms with Crippen molar-refractivity contribution in [1.82, 2.24) is 10.2 Å². The fourth-order valence-corrected chi connectivity index (χ4v) is 4.13. The van der Waals surface area contributed by atoms with Crippen LogP contribution in [0.25, 0.3) is 0 Å². The van der Waals surface area contributed by atoms with E-state index in [4.69, 9.17) is 4.74 Å². The minimum atomic E-state index is -0.593. The molecule has 4 rings (SSSR count). The minimum absolute atomic E-state index is 0.0567. The van der Waals surface area contributed by atoms with Crippen LogP contribution in [0.1, 0.15) is 36.5 Å². The Bertz CT molecular complexity index is 1020. The van der Waals surface area contributed by atoms with Crippen LogP contribution in [0.5, 0.6) is 5.75 Å². The molecule has 2 aliphatic heterocycles. The molecule has 1 atom stereocenters. The van der Waals surface area contributed by atoms with E-state index in [0.717, 1.165) is 0 Å². The first-order valence-electron chi connectivity index (χ1n) is 10.8. The van der Waals surface area contributed by atoms with Gasteiger partial charge >= 0.3 is 0 Å². The van der Waals surface area contributed by atoms with Gasteiger partial charge < -0.3 is 19.9 Å². The number of halogens is 1. The number of hydrogen-bond donors (Lipinski definition) is 1. The topological polar surface area (TPSA) is 79.0 Å². The van der Waals surface area contributed by atoms with Crippen molar-refractivity contribution >= 4 is 23.4 Å². The van der Waals surface area contributed by atoms with E-state index in [1.54, 1.807) is 34.9 Å². The van der Waals surface area contributed by atoms with Gasteiger partial charge in [-0.2, -0.15) is 0 Å². The second-order valence-corrected chi connectivity index (χ2v) is 8.08. The molecule has 7 nitrogen and oxygen atoms in total. The van der Waals surface area contributed by atoms with Crippen LogP contribution < -0.4 is 15.0 Å². The predicted octanol–water partition coefficient (Wildman–Crippen LogP) is 2.75. The van der Waals surface area contributed by atoms with Gasteiger partial charge in [-0.1, -0.05) is 24.3 Å². The number of carbonyl (C=O) groups excluding carboxylic acids is 3. The minimum Gasteiger partial charge on any atom is -0.479 e. The van der Waals surface area contributed by atoms with E-state index < -0.39 is 11.9 Å². The summed E-state index contributed by atoms with van der Waals surface area (Å²) >= 11 is 0. The molecule has 0 bridgehead atoms.